The van der Waals surface area contributed by atoms with Crippen molar-refractivity contribution < 1.29 is 32.3 Å². The largest absolute Gasteiger partial charge is 0.465 e. The van der Waals surface area contributed by atoms with Crippen molar-refractivity contribution >= 4 is 27.7 Å². The zero-order chi connectivity index (χ0) is 23.5. The van der Waals surface area contributed by atoms with Gasteiger partial charge >= 0.3 is 11.9 Å². The van der Waals surface area contributed by atoms with E-state index in [0.717, 1.165) is 19.3 Å². The lowest BCUT2D eigenvalue weighted by molar-refractivity contribution is 0.0468. The van der Waals surface area contributed by atoms with Gasteiger partial charge in [-0.05, 0) is 56.5 Å². The third kappa shape index (κ3) is 4.76. The SMILES string of the molecule is COC(=O)c1c(C)[nH]c(C(=O)OCC(=O)c2ccc(S(=O)(=O)N3CCCCC3)cc2)c1C. The van der Waals surface area contributed by atoms with E-state index in [9.17, 15) is 22.8 Å². The molecule has 0 saturated carbocycles. The molecule has 1 aliphatic heterocycles. The van der Waals surface area contributed by atoms with Crippen LogP contribution in [0.5, 0.6) is 0 Å². The summed E-state index contributed by atoms with van der Waals surface area (Å²) in [7, 11) is -2.34. The molecule has 0 radical (unpaired) electrons. The number of aromatic nitrogens is 1. The number of rotatable bonds is 7. The molecule has 1 N–H and O–H groups in total. The highest BCUT2D eigenvalue weighted by Crippen LogP contribution is 2.22. The van der Waals surface area contributed by atoms with Gasteiger partial charge in [0.15, 0.2) is 12.4 Å². The third-order valence-electron chi connectivity index (χ3n) is 5.49. The average molecular weight is 463 g/mol. The monoisotopic (exact) mass is 462 g/mol. The highest BCUT2D eigenvalue weighted by atomic mass is 32.2. The molecule has 0 unspecified atom stereocenters. The van der Waals surface area contributed by atoms with Crippen molar-refractivity contribution in [2.75, 3.05) is 26.8 Å². The number of aromatic amines is 1. The molecule has 3 rings (SSSR count). The van der Waals surface area contributed by atoms with Crippen LogP contribution in [0.1, 0.15) is 61.7 Å². The van der Waals surface area contributed by atoms with Crippen molar-refractivity contribution in [1.29, 1.82) is 0 Å². The number of H-pyrrole nitrogens is 1. The highest BCUT2D eigenvalue weighted by Gasteiger charge is 2.26. The molecule has 2 heterocycles. The molecule has 1 aromatic carbocycles. The number of nitrogens with one attached hydrogen (secondary N) is 1. The molecular weight excluding hydrogens is 436 g/mol. The molecule has 1 aromatic heterocycles. The summed E-state index contributed by atoms with van der Waals surface area (Å²) in [6.45, 7) is 3.67. The van der Waals surface area contributed by atoms with Gasteiger partial charge in [-0.15, -0.1) is 0 Å². The van der Waals surface area contributed by atoms with Gasteiger partial charge in [-0.1, -0.05) is 6.42 Å². The van der Waals surface area contributed by atoms with Crippen LogP contribution < -0.4 is 0 Å². The number of carbonyl (C=O) groups is 3. The van der Waals surface area contributed by atoms with Crippen LogP contribution in [-0.4, -0.2) is 62.2 Å². The van der Waals surface area contributed by atoms with Gasteiger partial charge in [-0.2, -0.15) is 4.31 Å². The molecule has 10 heteroatoms. The number of nitrogens with zero attached hydrogens (tertiary/aromatic N) is 1. The van der Waals surface area contributed by atoms with Crippen LogP contribution in [0.4, 0.5) is 0 Å². The summed E-state index contributed by atoms with van der Waals surface area (Å²) in [5.74, 6) is -1.83. The number of ketones is 1. The fraction of sp³-hybridized carbons (Fsp3) is 0.409. The molecule has 0 spiro atoms. The minimum atomic E-state index is -3.59. The minimum Gasteiger partial charge on any atom is -0.465 e. The van der Waals surface area contributed by atoms with Crippen LogP contribution >= 0.6 is 0 Å². The van der Waals surface area contributed by atoms with Crippen molar-refractivity contribution in [3.8, 4) is 0 Å². The molecule has 1 saturated heterocycles. The summed E-state index contributed by atoms with van der Waals surface area (Å²) in [6, 6.07) is 5.60. The number of carbonyl (C=O) groups excluding carboxylic acids is 3. The van der Waals surface area contributed by atoms with Gasteiger partial charge in [0, 0.05) is 24.3 Å². The Labute approximate surface area is 186 Å². The topological polar surface area (TPSA) is 123 Å². The van der Waals surface area contributed by atoms with Crippen molar-refractivity contribution in [2.45, 2.75) is 38.0 Å². The minimum absolute atomic E-state index is 0.0682. The van der Waals surface area contributed by atoms with Crippen molar-refractivity contribution in [3.05, 3.63) is 52.3 Å². The van der Waals surface area contributed by atoms with Gasteiger partial charge in [0.2, 0.25) is 10.0 Å². The second-order valence-corrected chi connectivity index (χ2v) is 9.54. The number of ether oxygens (including phenoxy) is 2. The Morgan fingerprint density at radius 2 is 1.62 bits per heavy atom. The van der Waals surface area contributed by atoms with E-state index in [4.69, 9.17) is 9.47 Å². The van der Waals surface area contributed by atoms with Crippen molar-refractivity contribution in [1.82, 2.24) is 9.29 Å². The smallest absolute Gasteiger partial charge is 0.355 e. The van der Waals surface area contributed by atoms with E-state index in [1.807, 2.05) is 0 Å². The molecule has 1 fully saturated rings. The lowest BCUT2D eigenvalue weighted by Crippen LogP contribution is -2.35. The van der Waals surface area contributed by atoms with Gasteiger partial charge < -0.3 is 14.5 Å². The first-order valence-corrected chi connectivity index (χ1v) is 11.7. The average Bonchev–Trinajstić information content (AvgIpc) is 3.11. The molecule has 0 amide bonds. The molecular formula is C22H26N2O7S. The number of piperidine rings is 1. The van der Waals surface area contributed by atoms with E-state index >= 15 is 0 Å². The maximum Gasteiger partial charge on any atom is 0.355 e. The van der Waals surface area contributed by atoms with Crippen molar-refractivity contribution in [2.24, 2.45) is 0 Å². The Kier molecular flexibility index (Phi) is 7.15. The fourth-order valence-electron chi connectivity index (χ4n) is 3.72. The second-order valence-electron chi connectivity index (χ2n) is 7.61. The predicted molar refractivity (Wildman–Crippen MR) is 115 cm³/mol. The molecule has 9 nitrogen and oxygen atoms in total. The number of methoxy groups -OCH3 is 1. The Morgan fingerprint density at radius 3 is 2.22 bits per heavy atom. The standard InChI is InChI=1S/C22H26N2O7S/c1-14-19(21(26)30-3)15(2)23-20(14)22(27)31-13-18(25)16-7-9-17(10-8-16)32(28,29)24-11-5-4-6-12-24/h7-10,23H,4-6,11-13H2,1-3H3. The fourth-order valence-corrected chi connectivity index (χ4v) is 5.23. The van der Waals surface area contributed by atoms with Gasteiger partial charge in [-0.25, -0.2) is 18.0 Å². The molecule has 0 bridgehead atoms. The number of aryl methyl sites for hydroxylation is 1. The molecule has 2 aromatic rings. The number of esters is 2. The summed E-state index contributed by atoms with van der Waals surface area (Å²) < 4.78 is 36.7. The summed E-state index contributed by atoms with van der Waals surface area (Å²) >= 11 is 0. The molecule has 32 heavy (non-hydrogen) atoms. The van der Waals surface area contributed by atoms with Crippen LogP contribution in [0, 0.1) is 13.8 Å². The predicted octanol–water partition coefficient (Wildman–Crippen LogP) is 2.63. The zero-order valence-electron chi connectivity index (χ0n) is 18.3. The number of hydrogen-bond donors (Lipinski definition) is 1. The van der Waals surface area contributed by atoms with E-state index in [1.165, 1.54) is 35.7 Å². The van der Waals surface area contributed by atoms with Crippen molar-refractivity contribution in [3.63, 3.8) is 0 Å². The summed E-state index contributed by atoms with van der Waals surface area (Å²) in [6.07, 6.45) is 2.69. The third-order valence-corrected chi connectivity index (χ3v) is 7.41. The summed E-state index contributed by atoms with van der Waals surface area (Å²) in [5, 5.41) is 0. The number of benzene rings is 1. The molecule has 0 atom stereocenters. The van der Waals surface area contributed by atoms with Crippen LogP contribution in [0.2, 0.25) is 0 Å². The summed E-state index contributed by atoms with van der Waals surface area (Å²) in [5.41, 5.74) is 1.37. The first kappa shape index (κ1) is 23.7. The van der Waals surface area contributed by atoms with Crippen LogP contribution in [0.3, 0.4) is 0 Å². The van der Waals surface area contributed by atoms with E-state index in [0.29, 0.717) is 24.3 Å². The zero-order valence-corrected chi connectivity index (χ0v) is 19.1. The van der Waals surface area contributed by atoms with E-state index in [2.05, 4.69) is 4.98 Å². The molecule has 0 aliphatic carbocycles. The van der Waals surface area contributed by atoms with Crippen LogP contribution in [0.15, 0.2) is 29.2 Å². The van der Waals surface area contributed by atoms with Gasteiger partial charge in [-0.3, -0.25) is 4.79 Å². The number of hydrogen-bond acceptors (Lipinski definition) is 7. The normalized spacial score (nSPS) is 14.7. The Balaban J connectivity index is 1.65. The van der Waals surface area contributed by atoms with E-state index in [1.54, 1.807) is 13.8 Å². The van der Waals surface area contributed by atoms with Crippen LogP contribution in [-0.2, 0) is 19.5 Å². The summed E-state index contributed by atoms with van der Waals surface area (Å²) in [4.78, 5) is 39.6. The van der Waals surface area contributed by atoms with Gasteiger partial charge in [0.25, 0.3) is 0 Å². The highest BCUT2D eigenvalue weighted by molar-refractivity contribution is 7.89. The molecule has 1 aliphatic rings. The van der Waals surface area contributed by atoms with E-state index in [-0.39, 0.29) is 21.7 Å². The second kappa shape index (κ2) is 9.66. The maximum absolute atomic E-state index is 12.7. The van der Waals surface area contributed by atoms with Gasteiger partial charge in [0.05, 0.1) is 17.6 Å². The van der Waals surface area contributed by atoms with E-state index < -0.39 is 34.4 Å². The Morgan fingerprint density at radius 1 is 1.00 bits per heavy atom. The number of Topliss-reactive ketones (excluding diaryl/α,β-unsaturated/α-hetero) is 1. The quantitative estimate of drug-likeness (QED) is 0.496. The lowest BCUT2D eigenvalue weighted by Gasteiger charge is -2.25. The Bertz CT molecular complexity index is 1130. The van der Waals surface area contributed by atoms with Crippen LogP contribution in [0.25, 0.3) is 0 Å². The Hall–Kier alpha value is -2.98. The lowest BCUT2D eigenvalue weighted by atomic mass is 10.1. The maximum atomic E-state index is 12.7. The number of sulfonamides is 1. The first-order chi connectivity index (χ1) is 15.2. The van der Waals surface area contributed by atoms with Gasteiger partial charge in [0.1, 0.15) is 5.69 Å². The first-order valence-electron chi connectivity index (χ1n) is 10.2. The molecule has 172 valence electrons.